The molecule has 1 saturated heterocycles. The number of hydrogen-bond acceptors (Lipinski definition) is 3. The highest BCUT2D eigenvalue weighted by molar-refractivity contribution is 5.79. The van der Waals surface area contributed by atoms with Gasteiger partial charge in [0.25, 0.3) is 0 Å². The van der Waals surface area contributed by atoms with E-state index >= 15 is 0 Å². The quantitative estimate of drug-likeness (QED) is 0.368. The molecule has 5 nitrogen and oxygen atoms in total. The zero-order chi connectivity index (χ0) is 17.0. The predicted molar refractivity (Wildman–Crippen MR) is 99.2 cm³/mol. The molecule has 0 aromatic heterocycles. The van der Waals surface area contributed by atoms with Crippen molar-refractivity contribution in [3.8, 4) is 0 Å². The molecule has 0 spiro atoms. The molecule has 2 N–H and O–H groups in total. The second-order valence-electron chi connectivity index (χ2n) is 6.89. The average molecular weight is 327 g/mol. The van der Waals surface area contributed by atoms with Crippen LogP contribution in [0.3, 0.4) is 0 Å². The molecule has 0 atom stereocenters. The van der Waals surface area contributed by atoms with Gasteiger partial charge in [-0.1, -0.05) is 6.42 Å². The highest BCUT2D eigenvalue weighted by Crippen LogP contribution is 2.20. The van der Waals surface area contributed by atoms with Crippen LogP contribution in [0.25, 0.3) is 0 Å². The summed E-state index contributed by atoms with van der Waals surface area (Å²) in [5.74, 6) is 0.939. The van der Waals surface area contributed by atoms with Crippen molar-refractivity contribution in [1.82, 2.24) is 15.5 Å². The average Bonchev–Trinajstić information content (AvgIpc) is 2.56. The van der Waals surface area contributed by atoms with Crippen LogP contribution in [0.1, 0.15) is 59.8 Å². The normalized spacial score (nSPS) is 17.3. The summed E-state index contributed by atoms with van der Waals surface area (Å²) in [6, 6.07) is 0. The number of piperidine rings is 1. The first-order valence-electron chi connectivity index (χ1n) is 9.45. The molecule has 23 heavy (non-hydrogen) atoms. The minimum Gasteiger partial charge on any atom is -0.382 e. The number of hydrogen-bond donors (Lipinski definition) is 2. The van der Waals surface area contributed by atoms with E-state index in [0.717, 1.165) is 51.6 Å². The molecular formula is C18H38N4O. The zero-order valence-corrected chi connectivity index (χ0v) is 15.8. The van der Waals surface area contributed by atoms with Gasteiger partial charge in [-0.2, -0.15) is 0 Å². The van der Waals surface area contributed by atoms with Crippen LogP contribution in [0.15, 0.2) is 4.99 Å². The lowest BCUT2D eigenvalue weighted by molar-refractivity contribution is 0.102. The SMILES string of the molecule is CCNC(=NCC(C)(C)N1CCCCC1)NCCCCOCC. The van der Waals surface area contributed by atoms with Gasteiger partial charge in [-0.15, -0.1) is 0 Å². The van der Waals surface area contributed by atoms with E-state index in [0.29, 0.717) is 0 Å². The molecule has 0 aliphatic carbocycles. The number of nitrogens with zero attached hydrogens (tertiary/aromatic N) is 2. The molecule has 0 radical (unpaired) electrons. The Labute approximate surface area is 143 Å². The fraction of sp³-hybridized carbons (Fsp3) is 0.944. The molecule has 0 aromatic rings. The number of ether oxygens (including phenoxy) is 1. The molecule has 1 aliphatic rings. The van der Waals surface area contributed by atoms with Crippen LogP contribution in [-0.4, -0.2) is 62.3 Å². The van der Waals surface area contributed by atoms with Crippen LogP contribution in [0.4, 0.5) is 0 Å². The number of likely N-dealkylation sites (tertiary alicyclic amines) is 1. The lowest BCUT2D eigenvalue weighted by Crippen LogP contribution is -2.49. The Morgan fingerprint density at radius 3 is 2.48 bits per heavy atom. The van der Waals surface area contributed by atoms with Gasteiger partial charge in [-0.05, 0) is 66.5 Å². The molecule has 0 bridgehead atoms. The third-order valence-electron chi connectivity index (χ3n) is 4.39. The first-order valence-corrected chi connectivity index (χ1v) is 9.45. The van der Waals surface area contributed by atoms with E-state index in [1.165, 1.54) is 32.4 Å². The Morgan fingerprint density at radius 2 is 1.83 bits per heavy atom. The van der Waals surface area contributed by atoms with Crippen molar-refractivity contribution in [1.29, 1.82) is 0 Å². The lowest BCUT2D eigenvalue weighted by Gasteiger charge is -2.40. The van der Waals surface area contributed by atoms with E-state index in [-0.39, 0.29) is 5.54 Å². The number of rotatable bonds is 10. The molecule has 136 valence electrons. The lowest BCUT2D eigenvalue weighted by atomic mass is 9.99. The minimum absolute atomic E-state index is 0.137. The number of guanidine groups is 1. The Hall–Kier alpha value is -0.810. The van der Waals surface area contributed by atoms with E-state index in [9.17, 15) is 0 Å². The van der Waals surface area contributed by atoms with Gasteiger partial charge < -0.3 is 15.4 Å². The van der Waals surface area contributed by atoms with Gasteiger partial charge in [0, 0.05) is 31.8 Å². The number of nitrogens with one attached hydrogen (secondary N) is 2. The summed E-state index contributed by atoms with van der Waals surface area (Å²) in [6.45, 7) is 15.5. The first kappa shape index (κ1) is 20.2. The monoisotopic (exact) mass is 326 g/mol. The van der Waals surface area contributed by atoms with E-state index in [4.69, 9.17) is 9.73 Å². The largest absolute Gasteiger partial charge is 0.382 e. The third kappa shape index (κ3) is 8.56. The summed E-state index contributed by atoms with van der Waals surface area (Å²) in [5, 5.41) is 6.79. The fourth-order valence-electron chi connectivity index (χ4n) is 2.89. The summed E-state index contributed by atoms with van der Waals surface area (Å²) >= 11 is 0. The molecule has 0 amide bonds. The Morgan fingerprint density at radius 1 is 1.09 bits per heavy atom. The van der Waals surface area contributed by atoms with Crippen molar-refractivity contribution in [2.24, 2.45) is 4.99 Å². The standard InChI is InChI=1S/C18H38N4O/c1-5-19-17(20-12-8-11-15-23-6-2)21-16-18(3,4)22-13-9-7-10-14-22/h5-16H2,1-4H3,(H2,19,20,21). The summed E-state index contributed by atoms with van der Waals surface area (Å²) in [7, 11) is 0. The van der Waals surface area contributed by atoms with Crippen molar-refractivity contribution in [3.05, 3.63) is 0 Å². The smallest absolute Gasteiger partial charge is 0.191 e. The van der Waals surface area contributed by atoms with Crippen molar-refractivity contribution < 1.29 is 4.74 Å². The molecule has 0 unspecified atom stereocenters. The molecule has 1 fully saturated rings. The highest BCUT2D eigenvalue weighted by atomic mass is 16.5. The third-order valence-corrected chi connectivity index (χ3v) is 4.39. The second kappa shape index (κ2) is 11.7. The molecular weight excluding hydrogens is 288 g/mol. The number of aliphatic imine (C=N–C) groups is 1. The Bertz CT molecular complexity index is 325. The molecule has 5 heteroatoms. The van der Waals surface area contributed by atoms with Gasteiger partial charge in [-0.3, -0.25) is 9.89 Å². The van der Waals surface area contributed by atoms with Crippen LogP contribution >= 0.6 is 0 Å². The van der Waals surface area contributed by atoms with Gasteiger partial charge in [0.2, 0.25) is 0 Å². The summed E-state index contributed by atoms with van der Waals surface area (Å²) < 4.78 is 5.37. The van der Waals surface area contributed by atoms with Crippen molar-refractivity contribution in [3.63, 3.8) is 0 Å². The zero-order valence-electron chi connectivity index (χ0n) is 15.8. The molecule has 0 aromatic carbocycles. The molecule has 1 heterocycles. The van der Waals surface area contributed by atoms with Crippen LogP contribution in [0, 0.1) is 0 Å². The van der Waals surface area contributed by atoms with E-state index in [1.54, 1.807) is 0 Å². The summed E-state index contributed by atoms with van der Waals surface area (Å²) in [6.07, 6.45) is 6.23. The van der Waals surface area contributed by atoms with Crippen LogP contribution in [0.5, 0.6) is 0 Å². The summed E-state index contributed by atoms with van der Waals surface area (Å²) in [5.41, 5.74) is 0.137. The van der Waals surface area contributed by atoms with Crippen molar-refractivity contribution in [2.45, 2.75) is 65.3 Å². The number of unbranched alkanes of at least 4 members (excludes halogenated alkanes) is 1. The van der Waals surface area contributed by atoms with Crippen molar-refractivity contribution >= 4 is 5.96 Å². The van der Waals surface area contributed by atoms with E-state index in [1.807, 2.05) is 6.92 Å². The molecule has 0 saturated carbocycles. The Balaban J connectivity index is 2.37. The van der Waals surface area contributed by atoms with Crippen molar-refractivity contribution in [2.75, 3.05) is 45.9 Å². The van der Waals surface area contributed by atoms with Gasteiger partial charge in [-0.25, -0.2) is 0 Å². The topological polar surface area (TPSA) is 48.9 Å². The fourth-order valence-corrected chi connectivity index (χ4v) is 2.89. The predicted octanol–water partition coefficient (Wildman–Crippen LogP) is 2.62. The minimum atomic E-state index is 0.137. The highest BCUT2D eigenvalue weighted by Gasteiger charge is 2.27. The first-order chi connectivity index (χ1) is 11.1. The molecule has 1 aliphatic heterocycles. The van der Waals surface area contributed by atoms with E-state index < -0.39 is 0 Å². The maximum Gasteiger partial charge on any atom is 0.191 e. The molecule has 1 rings (SSSR count). The van der Waals surface area contributed by atoms with E-state index in [2.05, 4.69) is 36.3 Å². The van der Waals surface area contributed by atoms with Crippen LogP contribution < -0.4 is 10.6 Å². The van der Waals surface area contributed by atoms with Crippen LogP contribution in [0.2, 0.25) is 0 Å². The van der Waals surface area contributed by atoms with Gasteiger partial charge in [0.1, 0.15) is 0 Å². The second-order valence-corrected chi connectivity index (χ2v) is 6.89. The maximum absolute atomic E-state index is 5.37. The Kier molecular flexibility index (Phi) is 10.3. The summed E-state index contributed by atoms with van der Waals surface area (Å²) in [4.78, 5) is 7.40. The van der Waals surface area contributed by atoms with Crippen LogP contribution in [-0.2, 0) is 4.74 Å². The van der Waals surface area contributed by atoms with Gasteiger partial charge >= 0.3 is 0 Å². The van der Waals surface area contributed by atoms with Gasteiger partial charge in [0.05, 0.1) is 6.54 Å². The van der Waals surface area contributed by atoms with Gasteiger partial charge in [0.15, 0.2) is 5.96 Å². The maximum atomic E-state index is 5.37.